The van der Waals surface area contributed by atoms with Crippen LogP contribution >= 0.6 is 0 Å². The predicted molar refractivity (Wildman–Crippen MR) is 70.1 cm³/mol. The summed E-state index contributed by atoms with van der Waals surface area (Å²) in [7, 11) is 0. The van der Waals surface area contributed by atoms with Crippen LogP contribution in [0.25, 0.3) is 22.2 Å². The first-order chi connectivity index (χ1) is 8.25. The van der Waals surface area contributed by atoms with Crippen LogP contribution in [-0.4, -0.2) is 10.1 Å². The fourth-order valence-electron chi connectivity index (χ4n) is 2.21. The first-order valence-corrected chi connectivity index (χ1v) is 5.62. The molecule has 0 aliphatic carbocycles. The standard InChI is InChI=1S/C15H13NO/c1-10-13-9-12(17)7-8-14(13)16-15(10)11-5-3-2-4-6-11/h2-9,16-17H,1H3. The highest BCUT2D eigenvalue weighted by molar-refractivity contribution is 5.91. The van der Waals surface area contributed by atoms with Gasteiger partial charge in [-0.3, -0.25) is 0 Å². The molecule has 0 aliphatic rings. The molecule has 3 rings (SSSR count). The molecular weight excluding hydrogens is 210 g/mol. The van der Waals surface area contributed by atoms with Crippen molar-refractivity contribution in [2.45, 2.75) is 6.92 Å². The SMILES string of the molecule is Cc1c(-c2ccccc2)[nH]c2ccc(O)cc12. The molecule has 3 aromatic rings. The van der Waals surface area contributed by atoms with Gasteiger partial charge in [-0.05, 0) is 36.2 Å². The van der Waals surface area contributed by atoms with Crippen molar-refractivity contribution in [2.75, 3.05) is 0 Å². The minimum absolute atomic E-state index is 0.305. The maximum absolute atomic E-state index is 9.52. The number of benzene rings is 2. The van der Waals surface area contributed by atoms with Crippen LogP contribution in [0.15, 0.2) is 48.5 Å². The number of phenols is 1. The number of rotatable bonds is 1. The van der Waals surface area contributed by atoms with Crippen LogP contribution in [-0.2, 0) is 0 Å². The highest BCUT2D eigenvalue weighted by Gasteiger charge is 2.09. The van der Waals surface area contributed by atoms with E-state index in [0.29, 0.717) is 5.75 Å². The maximum Gasteiger partial charge on any atom is 0.116 e. The van der Waals surface area contributed by atoms with Gasteiger partial charge >= 0.3 is 0 Å². The Kier molecular flexibility index (Phi) is 2.15. The van der Waals surface area contributed by atoms with Gasteiger partial charge in [0.15, 0.2) is 0 Å². The Bertz CT molecular complexity index is 668. The second kappa shape index (κ2) is 3.67. The highest BCUT2D eigenvalue weighted by Crippen LogP contribution is 2.31. The number of hydrogen-bond donors (Lipinski definition) is 2. The van der Waals surface area contributed by atoms with Gasteiger partial charge in [0.25, 0.3) is 0 Å². The molecule has 1 heterocycles. The number of H-pyrrole nitrogens is 1. The number of hydrogen-bond acceptors (Lipinski definition) is 1. The second-order valence-corrected chi connectivity index (χ2v) is 4.22. The normalized spacial score (nSPS) is 10.9. The van der Waals surface area contributed by atoms with E-state index in [1.165, 1.54) is 11.1 Å². The summed E-state index contributed by atoms with van der Waals surface area (Å²) in [6, 6.07) is 15.6. The number of aromatic nitrogens is 1. The number of phenolic OH excluding ortho intramolecular Hbond substituents is 1. The van der Waals surface area contributed by atoms with Crippen LogP contribution < -0.4 is 0 Å². The lowest BCUT2D eigenvalue weighted by Crippen LogP contribution is -1.78. The molecule has 2 heteroatoms. The Morgan fingerprint density at radius 3 is 2.53 bits per heavy atom. The van der Waals surface area contributed by atoms with E-state index in [0.717, 1.165) is 16.6 Å². The minimum atomic E-state index is 0.305. The maximum atomic E-state index is 9.52. The molecule has 0 aliphatic heterocycles. The average molecular weight is 223 g/mol. The van der Waals surface area contributed by atoms with E-state index in [4.69, 9.17) is 0 Å². The van der Waals surface area contributed by atoms with Gasteiger partial charge in [0.2, 0.25) is 0 Å². The zero-order valence-electron chi connectivity index (χ0n) is 9.57. The summed E-state index contributed by atoms with van der Waals surface area (Å²) in [4.78, 5) is 3.40. The lowest BCUT2D eigenvalue weighted by molar-refractivity contribution is 0.476. The van der Waals surface area contributed by atoms with Crippen molar-refractivity contribution in [1.29, 1.82) is 0 Å². The van der Waals surface area contributed by atoms with Crippen LogP contribution in [0.1, 0.15) is 5.56 Å². The third kappa shape index (κ3) is 1.58. The molecule has 0 fully saturated rings. The Morgan fingerprint density at radius 1 is 1.00 bits per heavy atom. The Balaban J connectivity index is 2.28. The van der Waals surface area contributed by atoms with Gasteiger partial charge < -0.3 is 10.1 Å². The van der Waals surface area contributed by atoms with Crippen molar-refractivity contribution >= 4 is 10.9 Å². The molecule has 0 saturated heterocycles. The van der Waals surface area contributed by atoms with Crippen molar-refractivity contribution in [3.05, 3.63) is 54.1 Å². The van der Waals surface area contributed by atoms with Gasteiger partial charge in [0, 0.05) is 16.6 Å². The van der Waals surface area contributed by atoms with E-state index < -0.39 is 0 Å². The van der Waals surface area contributed by atoms with E-state index in [2.05, 4.69) is 24.0 Å². The fraction of sp³-hybridized carbons (Fsp3) is 0.0667. The van der Waals surface area contributed by atoms with Gasteiger partial charge in [0.1, 0.15) is 5.75 Å². The van der Waals surface area contributed by atoms with Gasteiger partial charge in [-0.15, -0.1) is 0 Å². The summed E-state index contributed by atoms with van der Waals surface area (Å²) < 4.78 is 0. The molecule has 0 saturated carbocycles. The topological polar surface area (TPSA) is 36.0 Å². The van der Waals surface area contributed by atoms with Crippen LogP contribution in [0.5, 0.6) is 5.75 Å². The zero-order chi connectivity index (χ0) is 11.8. The average Bonchev–Trinajstić information content (AvgIpc) is 2.68. The molecule has 0 radical (unpaired) electrons. The van der Waals surface area contributed by atoms with Gasteiger partial charge in [-0.25, -0.2) is 0 Å². The Morgan fingerprint density at radius 2 is 1.76 bits per heavy atom. The molecule has 1 aromatic heterocycles. The van der Waals surface area contributed by atoms with Crippen LogP contribution in [0.4, 0.5) is 0 Å². The van der Waals surface area contributed by atoms with Gasteiger partial charge in [0.05, 0.1) is 0 Å². The number of nitrogens with one attached hydrogen (secondary N) is 1. The first kappa shape index (κ1) is 9.97. The lowest BCUT2D eigenvalue weighted by Gasteiger charge is -1.99. The van der Waals surface area contributed by atoms with E-state index in [-0.39, 0.29) is 0 Å². The van der Waals surface area contributed by atoms with Gasteiger partial charge in [-0.1, -0.05) is 30.3 Å². The third-order valence-electron chi connectivity index (χ3n) is 3.10. The smallest absolute Gasteiger partial charge is 0.116 e. The number of aromatic amines is 1. The predicted octanol–water partition coefficient (Wildman–Crippen LogP) is 3.85. The zero-order valence-corrected chi connectivity index (χ0v) is 9.57. The third-order valence-corrected chi connectivity index (χ3v) is 3.10. The van der Waals surface area contributed by atoms with Crippen molar-refractivity contribution < 1.29 is 5.11 Å². The quantitative estimate of drug-likeness (QED) is 0.645. The molecule has 0 spiro atoms. The summed E-state index contributed by atoms with van der Waals surface area (Å²) in [6.45, 7) is 2.07. The van der Waals surface area contributed by atoms with Crippen LogP contribution in [0.2, 0.25) is 0 Å². The Labute approximate surface area is 99.5 Å². The molecule has 2 N–H and O–H groups in total. The molecule has 2 aromatic carbocycles. The Hall–Kier alpha value is -2.22. The number of aryl methyl sites for hydroxylation is 1. The lowest BCUT2D eigenvalue weighted by atomic mass is 10.1. The number of fused-ring (bicyclic) bond motifs is 1. The summed E-state index contributed by atoms with van der Waals surface area (Å²) in [5, 5.41) is 10.6. The number of aromatic hydroxyl groups is 1. The van der Waals surface area contributed by atoms with E-state index in [9.17, 15) is 5.11 Å². The van der Waals surface area contributed by atoms with Gasteiger partial charge in [-0.2, -0.15) is 0 Å². The molecule has 84 valence electrons. The molecule has 17 heavy (non-hydrogen) atoms. The van der Waals surface area contributed by atoms with E-state index in [1.54, 1.807) is 12.1 Å². The van der Waals surface area contributed by atoms with Crippen LogP contribution in [0, 0.1) is 6.92 Å². The molecular formula is C15H13NO. The minimum Gasteiger partial charge on any atom is -0.508 e. The van der Waals surface area contributed by atoms with Crippen molar-refractivity contribution in [3.63, 3.8) is 0 Å². The second-order valence-electron chi connectivity index (χ2n) is 4.22. The van der Waals surface area contributed by atoms with E-state index >= 15 is 0 Å². The van der Waals surface area contributed by atoms with Crippen LogP contribution in [0.3, 0.4) is 0 Å². The molecule has 2 nitrogen and oxygen atoms in total. The molecule has 0 amide bonds. The molecule has 0 bridgehead atoms. The van der Waals surface area contributed by atoms with E-state index in [1.807, 2.05) is 24.3 Å². The first-order valence-electron chi connectivity index (χ1n) is 5.62. The molecule has 0 atom stereocenters. The van der Waals surface area contributed by atoms with Crippen molar-refractivity contribution in [1.82, 2.24) is 4.98 Å². The summed E-state index contributed by atoms with van der Waals surface area (Å²) >= 11 is 0. The summed E-state index contributed by atoms with van der Waals surface area (Å²) in [6.07, 6.45) is 0. The highest BCUT2D eigenvalue weighted by atomic mass is 16.3. The largest absolute Gasteiger partial charge is 0.508 e. The molecule has 0 unspecified atom stereocenters. The van der Waals surface area contributed by atoms with Crippen molar-refractivity contribution in [2.24, 2.45) is 0 Å². The fourth-order valence-corrected chi connectivity index (χ4v) is 2.21. The van der Waals surface area contributed by atoms with Crippen molar-refractivity contribution in [3.8, 4) is 17.0 Å². The summed E-state index contributed by atoms with van der Waals surface area (Å²) in [5.41, 5.74) is 4.51. The monoisotopic (exact) mass is 223 g/mol. The summed E-state index contributed by atoms with van der Waals surface area (Å²) in [5.74, 6) is 0.305.